The lowest BCUT2D eigenvalue weighted by Crippen LogP contribution is -2.23. The summed E-state index contributed by atoms with van der Waals surface area (Å²) in [5.74, 6) is 0.301. The number of amides is 1. The second-order valence-electron chi connectivity index (χ2n) is 5.07. The lowest BCUT2D eigenvalue weighted by Gasteiger charge is -2.13. The largest absolute Gasteiger partial charge is 0.437 e. The summed E-state index contributed by atoms with van der Waals surface area (Å²) in [4.78, 5) is 18.0. The molecule has 112 valence electrons. The van der Waals surface area contributed by atoms with Crippen LogP contribution in [0.25, 0.3) is 17.2 Å². The van der Waals surface area contributed by atoms with Crippen molar-refractivity contribution in [1.82, 2.24) is 19.7 Å². The fourth-order valence-corrected chi connectivity index (χ4v) is 2.14. The Morgan fingerprint density at radius 1 is 1.41 bits per heavy atom. The number of hydrogen-bond acceptors (Lipinski definition) is 4. The topological polar surface area (TPSA) is 64.2 Å². The molecule has 0 unspecified atom stereocenters. The van der Waals surface area contributed by atoms with E-state index in [4.69, 9.17) is 4.42 Å². The summed E-state index contributed by atoms with van der Waals surface area (Å²) < 4.78 is 7.25. The molecule has 0 fully saturated rings. The van der Waals surface area contributed by atoms with Crippen LogP contribution in [0.3, 0.4) is 0 Å². The molecule has 1 amide bonds. The van der Waals surface area contributed by atoms with Gasteiger partial charge >= 0.3 is 0 Å². The summed E-state index contributed by atoms with van der Waals surface area (Å²) in [6.07, 6.45) is 6.67. The van der Waals surface area contributed by atoms with Crippen LogP contribution in [-0.4, -0.2) is 32.6 Å². The zero-order valence-electron chi connectivity index (χ0n) is 12.4. The van der Waals surface area contributed by atoms with Crippen molar-refractivity contribution in [2.75, 3.05) is 7.05 Å². The first-order valence-electron chi connectivity index (χ1n) is 6.88. The minimum atomic E-state index is -0.119. The smallest absolute Gasteiger partial charge is 0.246 e. The van der Waals surface area contributed by atoms with Crippen molar-refractivity contribution in [1.29, 1.82) is 0 Å². The molecular formula is C16H16N4O2. The van der Waals surface area contributed by atoms with Crippen molar-refractivity contribution in [3.8, 4) is 0 Å². The fraction of sp³-hybridized carbons (Fsp3) is 0.188. The van der Waals surface area contributed by atoms with Crippen LogP contribution in [0, 0.1) is 0 Å². The highest BCUT2D eigenvalue weighted by molar-refractivity contribution is 5.91. The SMILES string of the molecule is CN(Cc1cnn(C)c1)C(=O)/C=C/c1nc2ccccc2o1. The van der Waals surface area contributed by atoms with Gasteiger partial charge in [0.05, 0.1) is 6.20 Å². The molecule has 22 heavy (non-hydrogen) atoms. The molecule has 0 N–H and O–H groups in total. The van der Waals surface area contributed by atoms with Crippen LogP contribution < -0.4 is 0 Å². The third-order valence-electron chi connectivity index (χ3n) is 3.23. The average Bonchev–Trinajstić information content (AvgIpc) is 3.10. The van der Waals surface area contributed by atoms with Gasteiger partial charge in [-0.15, -0.1) is 0 Å². The van der Waals surface area contributed by atoms with E-state index in [2.05, 4.69) is 10.1 Å². The number of rotatable bonds is 4. The zero-order chi connectivity index (χ0) is 15.5. The van der Waals surface area contributed by atoms with Gasteiger partial charge in [-0.25, -0.2) is 4.98 Å². The van der Waals surface area contributed by atoms with E-state index in [0.717, 1.165) is 11.1 Å². The van der Waals surface area contributed by atoms with Crippen LogP contribution in [0.4, 0.5) is 0 Å². The van der Waals surface area contributed by atoms with E-state index < -0.39 is 0 Å². The molecule has 3 aromatic rings. The number of benzene rings is 1. The van der Waals surface area contributed by atoms with Crippen LogP contribution in [0.1, 0.15) is 11.5 Å². The van der Waals surface area contributed by atoms with Crippen molar-refractivity contribution in [3.05, 3.63) is 54.2 Å². The molecule has 2 heterocycles. The molecule has 0 radical (unpaired) electrons. The first-order valence-corrected chi connectivity index (χ1v) is 6.88. The van der Waals surface area contributed by atoms with E-state index in [1.807, 2.05) is 37.5 Å². The van der Waals surface area contributed by atoms with Crippen LogP contribution >= 0.6 is 0 Å². The van der Waals surface area contributed by atoms with Gasteiger partial charge in [-0.2, -0.15) is 5.10 Å². The predicted octanol–water partition coefficient (Wildman–Crippen LogP) is 2.23. The number of likely N-dealkylation sites (N-methyl/N-ethyl adjacent to an activating group) is 1. The van der Waals surface area contributed by atoms with Crippen LogP contribution in [0.2, 0.25) is 0 Å². The van der Waals surface area contributed by atoms with Gasteiger partial charge in [-0.05, 0) is 12.1 Å². The van der Waals surface area contributed by atoms with Crippen molar-refractivity contribution in [3.63, 3.8) is 0 Å². The minimum absolute atomic E-state index is 0.119. The van der Waals surface area contributed by atoms with Gasteiger partial charge in [-0.3, -0.25) is 9.48 Å². The summed E-state index contributed by atoms with van der Waals surface area (Å²) in [6.45, 7) is 0.505. The Balaban J connectivity index is 1.67. The van der Waals surface area contributed by atoms with Gasteiger partial charge in [0.25, 0.3) is 0 Å². The standard InChI is InChI=1S/C16H16N4O2/c1-19(10-12-9-17-20(2)11-12)16(21)8-7-15-18-13-5-3-4-6-14(13)22-15/h3-9,11H,10H2,1-2H3/b8-7+. The molecule has 0 bridgehead atoms. The maximum Gasteiger partial charge on any atom is 0.246 e. The number of carbonyl (C=O) groups is 1. The molecule has 0 aliphatic carbocycles. The van der Waals surface area contributed by atoms with E-state index in [-0.39, 0.29) is 5.91 Å². The average molecular weight is 296 g/mol. The number of fused-ring (bicyclic) bond motifs is 1. The molecule has 1 aromatic carbocycles. The zero-order valence-corrected chi connectivity index (χ0v) is 12.4. The van der Waals surface area contributed by atoms with Crippen LogP contribution in [0.15, 0.2) is 47.2 Å². The van der Waals surface area contributed by atoms with E-state index in [0.29, 0.717) is 18.0 Å². The van der Waals surface area contributed by atoms with Gasteiger partial charge in [0.2, 0.25) is 11.8 Å². The Morgan fingerprint density at radius 3 is 2.95 bits per heavy atom. The molecule has 0 aliphatic heterocycles. The molecule has 6 nitrogen and oxygen atoms in total. The fourth-order valence-electron chi connectivity index (χ4n) is 2.14. The molecule has 6 heteroatoms. The maximum atomic E-state index is 12.1. The minimum Gasteiger partial charge on any atom is -0.437 e. The number of para-hydroxylation sites is 2. The van der Waals surface area contributed by atoms with Gasteiger partial charge < -0.3 is 9.32 Å². The van der Waals surface area contributed by atoms with Gasteiger partial charge in [0, 0.05) is 44.6 Å². The summed E-state index contributed by atoms with van der Waals surface area (Å²) >= 11 is 0. The van der Waals surface area contributed by atoms with Crippen molar-refractivity contribution >= 4 is 23.1 Å². The molecule has 2 aromatic heterocycles. The summed E-state index contributed by atoms with van der Waals surface area (Å²) in [5, 5.41) is 4.08. The van der Waals surface area contributed by atoms with E-state index in [9.17, 15) is 4.79 Å². The second-order valence-corrected chi connectivity index (χ2v) is 5.07. The third kappa shape index (κ3) is 3.06. The van der Waals surface area contributed by atoms with Crippen molar-refractivity contribution < 1.29 is 9.21 Å². The number of nitrogens with zero attached hydrogens (tertiary/aromatic N) is 4. The number of hydrogen-bond donors (Lipinski definition) is 0. The molecule has 0 atom stereocenters. The molecule has 0 spiro atoms. The normalized spacial score (nSPS) is 11.4. The van der Waals surface area contributed by atoms with Gasteiger partial charge in [-0.1, -0.05) is 12.1 Å². The number of carbonyl (C=O) groups excluding carboxylic acids is 1. The Labute approximate surface area is 127 Å². The Bertz CT molecular complexity index is 798. The van der Waals surface area contributed by atoms with E-state index >= 15 is 0 Å². The lowest BCUT2D eigenvalue weighted by atomic mass is 10.3. The quantitative estimate of drug-likeness (QED) is 0.693. The highest BCUT2D eigenvalue weighted by Gasteiger charge is 2.08. The summed E-state index contributed by atoms with van der Waals surface area (Å²) in [6, 6.07) is 7.49. The van der Waals surface area contributed by atoms with Crippen LogP contribution in [0.5, 0.6) is 0 Å². The van der Waals surface area contributed by atoms with Crippen LogP contribution in [-0.2, 0) is 18.4 Å². The Hall–Kier alpha value is -2.89. The Kier molecular flexibility index (Phi) is 3.74. The molecule has 3 rings (SSSR count). The highest BCUT2D eigenvalue weighted by atomic mass is 16.3. The monoisotopic (exact) mass is 296 g/mol. The molecule has 0 saturated carbocycles. The number of aryl methyl sites for hydroxylation is 1. The van der Waals surface area contributed by atoms with Crippen molar-refractivity contribution in [2.45, 2.75) is 6.54 Å². The molecule has 0 aliphatic rings. The number of aromatic nitrogens is 3. The van der Waals surface area contributed by atoms with Gasteiger partial charge in [0.1, 0.15) is 5.52 Å². The molecular weight excluding hydrogens is 280 g/mol. The first-order chi connectivity index (χ1) is 10.6. The lowest BCUT2D eigenvalue weighted by molar-refractivity contribution is -0.125. The first kappa shape index (κ1) is 14.1. The van der Waals surface area contributed by atoms with Crippen molar-refractivity contribution in [2.24, 2.45) is 7.05 Å². The summed E-state index contributed by atoms with van der Waals surface area (Å²) in [7, 11) is 3.59. The predicted molar refractivity (Wildman–Crippen MR) is 82.7 cm³/mol. The third-order valence-corrected chi connectivity index (χ3v) is 3.23. The Morgan fingerprint density at radius 2 is 2.23 bits per heavy atom. The van der Waals surface area contributed by atoms with Gasteiger partial charge in [0.15, 0.2) is 5.58 Å². The van der Waals surface area contributed by atoms with E-state index in [1.165, 1.54) is 6.08 Å². The number of oxazole rings is 1. The highest BCUT2D eigenvalue weighted by Crippen LogP contribution is 2.15. The second kappa shape index (κ2) is 5.85. The summed E-state index contributed by atoms with van der Waals surface area (Å²) in [5.41, 5.74) is 2.46. The maximum absolute atomic E-state index is 12.1. The molecule has 0 saturated heterocycles. The van der Waals surface area contributed by atoms with E-state index in [1.54, 1.807) is 28.9 Å².